The van der Waals surface area contributed by atoms with Crippen molar-refractivity contribution in [2.24, 2.45) is 11.8 Å². The van der Waals surface area contributed by atoms with Gasteiger partial charge in [-0.25, -0.2) is 0 Å². The van der Waals surface area contributed by atoms with E-state index < -0.39 is 0 Å². The maximum absolute atomic E-state index is 12.3. The topological polar surface area (TPSA) is 49.3 Å². The van der Waals surface area contributed by atoms with Gasteiger partial charge in [0.25, 0.3) is 5.91 Å². The minimum absolute atomic E-state index is 0.0238. The summed E-state index contributed by atoms with van der Waals surface area (Å²) in [6, 6.07) is 13.8. The van der Waals surface area contributed by atoms with Crippen LogP contribution in [0.25, 0.3) is 10.8 Å². The Bertz CT molecular complexity index is 638. The highest BCUT2D eigenvalue weighted by atomic mass is 16.3. The highest BCUT2D eigenvalue weighted by Crippen LogP contribution is 2.30. The van der Waals surface area contributed by atoms with E-state index >= 15 is 0 Å². The van der Waals surface area contributed by atoms with Gasteiger partial charge in [0.15, 0.2) is 0 Å². The molecule has 0 aromatic heterocycles. The van der Waals surface area contributed by atoms with Gasteiger partial charge in [-0.1, -0.05) is 36.8 Å². The van der Waals surface area contributed by atoms with E-state index in [0.717, 1.165) is 30.0 Å². The van der Waals surface area contributed by atoms with Crippen LogP contribution in [0.3, 0.4) is 0 Å². The third kappa shape index (κ3) is 3.08. The molecule has 0 radical (unpaired) electrons. The van der Waals surface area contributed by atoms with Crippen molar-refractivity contribution >= 4 is 16.7 Å². The number of carbonyl (C=O) groups excluding carboxylic acids is 1. The van der Waals surface area contributed by atoms with E-state index in [1.54, 1.807) is 0 Å². The first-order chi connectivity index (χ1) is 10.3. The molecule has 0 spiro atoms. The molecule has 2 aromatic rings. The van der Waals surface area contributed by atoms with Gasteiger partial charge in [-0.15, -0.1) is 0 Å². The summed E-state index contributed by atoms with van der Waals surface area (Å²) in [4.78, 5) is 12.3. The van der Waals surface area contributed by atoms with Gasteiger partial charge >= 0.3 is 0 Å². The molecule has 1 aliphatic rings. The number of benzene rings is 2. The van der Waals surface area contributed by atoms with E-state index in [-0.39, 0.29) is 12.5 Å². The number of hydrogen-bond acceptors (Lipinski definition) is 2. The monoisotopic (exact) mass is 283 g/mol. The van der Waals surface area contributed by atoms with Crippen LogP contribution in [-0.2, 0) is 0 Å². The highest BCUT2D eigenvalue weighted by Gasteiger charge is 2.26. The molecule has 1 aliphatic carbocycles. The van der Waals surface area contributed by atoms with Gasteiger partial charge in [0.1, 0.15) is 0 Å². The van der Waals surface area contributed by atoms with Gasteiger partial charge in [0.05, 0.1) is 0 Å². The van der Waals surface area contributed by atoms with Gasteiger partial charge in [-0.3, -0.25) is 4.79 Å². The first-order valence-corrected chi connectivity index (χ1v) is 7.66. The summed E-state index contributed by atoms with van der Waals surface area (Å²) < 4.78 is 0. The molecule has 2 atom stereocenters. The van der Waals surface area contributed by atoms with E-state index in [0.29, 0.717) is 23.9 Å². The summed E-state index contributed by atoms with van der Waals surface area (Å²) >= 11 is 0. The molecule has 2 aromatic carbocycles. The van der Waals surface area contributed by atoms with Crippen LogP contribution in [-0.4, -0.2) is 24.2 Å². The van der Waals surface area contributed by atoms with Crippen LogP contribution in [0.4, 0.5) is 0 Å². The Morgan fingerprint density at radius 2 is 1.86 bits per heavy atom. The number of fused-ring (bicyclic) bond motifs is 1. The van der Waals surface area contributed by atoms with Crippen LogP contribution in [0.5, 0.6) is 0 Å². The molecule has 1 fully saturated rings. The Morgan fingerprint density at radius 1 is 1.10 bits per heavy atom. The van der Waals surface area contributed by atoms with Crippen LogP contribution in [0.15, 0.2) is 42.5 Å². The molecule has 0 heterocycles. The fraction of sp³-hybridized carbons (Fsp3) is 0.389. The van der Waals surface area contributed by atoms with Crippen molar-refractivity contribution in [1.82, 2.24) is 5.32 Å². The number of hydrogen-bond donors (Lipinski definition) is 2. The molecular weight excluding hydrogens is 262 g/mol. The Hall–Kier alpha value is -1.87. The normalized spacial score (nSPS) is 21.6. The zero-order valence-corrected chi connectivity index (χ0v) is 12.1. The van der Waals surface area contributed by atoms with Crippen molar-refractivity contribution in [2.45, 2.75) is 19.3 Å². The summed E-state index contributed by atoms with van der Waals surface area (Å²) in [5, 5.41) is 14.6. The molecule has 1 amide bonds. The van der Waals surface area contributed by atoms with E-state index in [1.165, 1.54) is 0 Å². The minimum atomic E-state index is -0.0238. The van der Waals surface area contributed by atoms with Crippen LogP contribution in [0, 0.1) is 11.8 Å². The average molecular weight is 283 g/mol. The third-order valence-electron chi connectivity index (χ3n) is 4.59. The summed E-state index contributed by atoms with van der Waals surface area (Å²) in [5.41, 5.74) is 0.701. The van der Waals surface area contributed by atoms with Gasteiger partial charge in [0, 0.05) is 18.7 Å². The number of aliphatic hydroxyl groups is 1. The maximum atomic E-state index is 12.3. The van der Waals surface area contributed by atoms with Crippen molar-refractivity contribution in [2.75, 3.05) is 13.2 Å². The van der Waals surface area contributed by atoms with Crippen molar-refractivity contribution in [1.29, 1.82) is 0 Å². The predicted octanol–water partition coefficient (Wildman–Crippen LogP) is 2.98. The zero-order valence-electron chi connectivity index (χ0n) is 12.1. The largest absolute Gasteiger partial charge is 0.396 e. The van der Waals surface area contributed by atoms with Crippen LogP contribution >= 0.6 is 0 Å². The smallest absolute Gasteiger partial charge is 0.251 e. The predicted molar refractivity (Wildman–Crippen MR) is 84.2 cm³/mol. The lowest BCUT2D eigenvalue weighted by Crippen LogP contribution is -2.31. The van der Waals surface area contributed by atoms with Crippen LogP contribution in [0.1, 0.15) is 29.6 Å². The molecule has 0 saturated heterocycles. The van der Waals surface area contributed by atoms with E-state index in [4.69, 9.17) is 0 Å². The van der Waals surface area contributed by atoms with Crippen molar-refractivity contribution in [3.63, 3.8) is 0 Å². The molecule has 0 aliphatic heterocycles. The first-order valence-electron chi connectivity index (χ1n) is 7.66. The summed E-state index contributed by atoms with van der Waals surface area (Å²) in [6.45, 7) is 0.896. The molecule has 110 valence electrons. The van der Waals surface area contributed by atoms with E-state index in [2.05, 4.69) is 5.32 Å². The number of nitrogens with one attached hydrogen (secondary N) is 1. The maximum Gasteiger partial charge on any atom is 0.251 e. The van der Waals surface area contributed by atoms with E-state index in [9.17, 15) is 9.90 Å². The molecule has 0 bridgehead atoms. The SMILES string of the molecule is O=C(NCC1CCCC1CO)c1ccc2ccccc2c1. The lowest BCUT2D eigenvalue weighted by atomic mass is 9.97. The number of rotatable bonds is 4. The Labute approximate surface area is 125 Å². The number of amides is 1. The fourth-order valence-electron chi connectivity index (χ4n) is 3.28. The zero-order chi connectivity index (χ0) is 14.7. The minimum Gasteiger partial charge on any atom is -0.396 e. The van der Waals surface area contributed by atoms with Crippen LogP contribution in [0.2, 0.25) is 0 Å². The second-order valence-electron chi connectivity index (χ2n) is 5.91. The van der Waals surface area contributed by atoms with Gasteiger partial charge < -0.3 is 10.4 Å². The molecular formula is C18H21NO2. The third-order valence-corrected chi connectivity index (χ3v) is 4.59. The molecule has 3 rings (SSSR count). The summed E-state index contributed by atoms with van der Waals surface area (Å²) in [7, 11) is 0. The van der Waals surface area contributed by atoms with Gasteiger partial charge in [0.2, 0.25) is 0 Å². The second-order valence-corrected chi connectivity index (χ2v) is 5.91. The van der Waals surface area contributed by atoms with Crippen molar-refractivity contribution in [3.8, 4) is 0 Å². The van der Waals surface area contributed by atoms with Crippen LogP contribution < -0.4 is 5.32 Å². The lowest BCUT2D eigenvalue weighted by molar-refractivity contribution is 0.0938. The van der Waals surface area contributed by atoms with Gasteiger partial charge in [-0.2, -0.15) is 0 Å². The fourth-order valence-corrected chi connectivity index (χ4v) is 3.28. The standard InChI is InChI=1S/C18H21NO2/c20-12-17-7-3-6-16(17)11-19-18(21)15-9-8-13-4-1-2-5-14(13)10-15/h1-2,4-5,8-10,16-17,20H,3,6-7,11-12H2,(H,19,21). The Balaban J connectivity index is 1.66. The Kier molecular flexibility index (Phi) is 4.20. The quantitative estimate of drug-likeness (QED) is 0.906. The molecule has 3 heteroatoms. The number of aliphatic hydroxyl groups excluding tert-OH is 1. The summed E-state index contributed by atoms with van der Waals surface area (Å²) in [6.07, 6.45) is 3.33. The van der Waals surface area contributed by atoms with Crippen molar-refractivity contribution in [3.05, 3.63) is 48.0 Å². The molecule has 3 nitrogen and oxygen atoms in total. The molecule has 21 heavy (non-hydrogen) atoms. The molecule has 1 saturated carbocycles. The first kappa shape index (κ1) is 14.1. The lowest BCUT2D eigenvalue weighted by Gasteiger charge is -2.17. The molecule has 2 N–H and O–H groups in total. The second kappa shape index (κ2) is 6.27. The van der Waals surface area contributed by atoms with Crippen molar-refractivity contribution < 1.29 is 9.90 Å². The Morgan fingerprint density at radius 3 is 2.67 bits per heavy atom. The average Bonchev–Trinajstić information content (AvgIpc) is 2.99. The van der Waals surface area contributed by atoms with E-state index in [1.807, 2.05) is 42.5 Å². The molecule has 2 unspecified atom stereocenters. The number of carbonyl (C=O) groups is 1. The van der Waals surface area contributed by atoms with Gasteiger partial charge in [-0.05, 0) is 47.6 Å². The highest BCUT2D eigenvalue weighted by molar-refractivity contribution is 5.98. The summed E-state index contributed by atoms with van der Waals surface area (Å²) in [5.74, 6) is 0.741.